The van der Waals surface area contributed by atoms with E-state index in [1.165, 1.54) is 5.56 Å². The van der Waals surface area contributed by atoms with Crippen LogP contribution in [0.25, 0.3) is 10.9 Å². The number of hydrogen-bond donors (Lipinski definition) is 1. The van der Waals surface area contributed by atoms with Gasteiger partial charge < -0.3 is 5.11 Å². The van der Waals surface area contributed by atoms with E-state index in [4.69, 9.17) is 0 Å². The van der Waals surface area contributed by atoms with Crippen molar-refractivity contribution >= 4 is 16.7 Å². The number of hydrogen-bond acceptors (Lipinski definition) is 3. The van der Waals surface area contributed by atoms with Crippen LogP contribution in [0.4, 0.5) is 0 Å². The molecule has 0 saturated heterocycles. The molecule has 22 heavy (non-hydrogen) atoms. The summed E-state index contributed by atoms with van der Waals surface area (Å²) in [5.74, 6) is -0.218. The minimum atomic E-state index is -0.214. The van der Waals surface area contributed by atoms with Gasteiger partial charge in [0.2, 0.25) is 0 Å². The van der Waals surface area contributed by atoms with E-state index < -0.39 is 0 Å². The van der Waals surface area contributed by atoms with Crippen LogP contribution in [0.15, 0.2) is 42.6 Å². The first-order chi connectivity index (χ1) is 10.5. The number of fused-ring (bicyclic) bond motifs is 1. The lowest BCUT2D eigenvalue weighted by Gasteiger charge is -2.07. The second-order valence-electron chi connectivity index (χ2n) is 5.70. The van der Waals surface area contributed by atoms with Crippen molar-refractivity contribution in [3.8, 4) is 5.75 Å². The topological polar surface area (TPSA) is 50.2 Å². The Balaban J connectivity index is 2.11. The minimum Gasteiger partial charge on any atom is -0.507 e. The van der Waals surface area contributed by atoms with E-state index in [2.05, 4.69) is 4.98 Å². The molecule has 0 bridgehead atoms. The van der Waals surface area contributed by atoms with Crippen molar-refractivity contribution in [2.24, 2.45) is 0 Å². The van der Waals surface area contributed by atoms with Gasteiger partial charge in [-0.25, -0.2) is 0 Å². The summed E-state index contributed by atoms with van der Waals surface area (Å²) in [6.45, 7) is 5.97. The van der Waals surface area contributed by atoms with Crippen LogP contribution in [0.5, 0.6) is 5.75 Å². The zero-order valence-electron chi connectivity index (χ0n) is 12.8. The van der Waals surface area contributed by atoms with E-state index in [0.717, 1.165) is 22.0 Å². The average Bonchev–Trinajstić information content (AvgIpc) is 2.50. The molecule has 0 aliphatic rings. The number of aromatic nitrogens is 1. The molecule has 0 amide bonds. The lowest BCUT2D eigenvalue weighted by Crippen LogP contribution is -2.03. The predicted molar refractivity (Wildman–Crippen MR) is 87.5 cm³/mol. The molecule has 0 spiro atoms. The molecule has 3 rings (SSSR count). The van der Waals surface area contributed by atoms with Crippen LogP contribution in [0.3, 0.4) is 0 Å². The number of phenols is 1. The van der Waals surface area contributed by atoms with Gasteiger partial charge in [-0.2, -0.15) is 0 Å². The second-order valence-corrected chi connectivity index (χ2v) is 5.70. The molecular weight excluding hydrogens is 274 g/mol. The summed E-state index contributed by atoms with van der Waals surface area (Å²) in [6.07, 6.45) is 1.57. The SMILES string of the molecule is Cc1ccc(O)c(C(=O)c2cnc3cc(C)c(C)cc3c2)c1. The van der Waals surface area contributed by atoms with Crippen molar-refractivity contribution in [3.05, 3.63) is 70.4 Å². The number of ketones is 1. The molecule has 0 fully saturated rings. The van der Waals surface area contributed by atoms with Crippen molar-refractivity contribution in [2.45, 2.75) is 20.8 Å². The third-order valence-corrected chi connectivity index (χ3v) is 3.96. The molecule has 1 aromatic heterocycles. The van der Waals surface area contributed by atoms with Crippen molar-refractivity contribution < 1.29 is 9.90 Å². The summed E-state index contributed by atoms with van der Waals surface area (Å²) < 4.78 is 0. The third kappa shape index (κ3) is 2.46. The van der Waals surface area contributed by atoms with Crippen LogP contribution in [0.1, 0.15) is 32.6 Å². The maximum absolute atomic E-state index is 12.6. The molecule has 0 aliphatic heterocycles. The summed E-state index contributed by atoms with van der Waals surface area (Å²) in [5.41, 5.74) is 4.93. The molecule has 1 heterocycles. The Bertz CT molecular complexity index is 897. The number of benzene rings is 2. The van der Waals surface area contributed by atoms with Crippen molar-refractivity contribution in [3.63, 3.8) is 0 Å². The van der Waals surface area contributed by atoms with Gasteiger partial charge in [-0.05, 0) is 62.2 Å². The number of phenolic OH excluding ortho intramolecular Hbond substituents is 1. The summed E-state index contributed by atoms with van der Waals surface area (Å²) in [6, 6.07) is 10.9. The van der Waals surface area contributed by atoms with E-state index in [1.54, 1.807) is 24.4 Å². The zero-order chi connectivity index (χ0) is 15.9. The van der Waals surface area contributed by atoms with E-state index in [-0.39, 0.29) is 11.5 Å². The fourth-order valence-electron chi connectivity index (χ4n) is 2.51. The number of aromatic hydroxyl groups is 1. The Morgan fingerprint density at radius 3 is 2.50 bits per heavy atom. The fraction of sp³-hybridized carbons (Fsp3) is 0.158. The van der Waals surface area contributed by atoms with Crippen LogP contribution in [0.2, 0.25) is 0 Å². The standard InChI is InChI=1S/C19H17NO2/c1-11-4-5-18(21)16(6-11)19(22)15-9-14-7-12(2)13(3)8-17(14)20-10-15/h4-10,21H,1-3H3. The molecule has 3 heteroatoms. The van der Waals surface area contributed by atoms with E-state index in [0.29, 0.717) is 11.1 Å². The Labute approximate surface area is 129 Å². The molecule has 2 aromatic carbocycles. The summed E-state index contributed by atoms with van der Waals surface area (Å²) in [7, 11) is 0. The maximum atomic E-state index is 12.6. The minimum absolute atomic E-state index is 0.00390. The van der Waals surface area contributed by atoms with Crippen LogP contribution in [0, 0.1) is 20.8 Å². The van der Waals surface area contributed by atoms with Crippen LogP contribution >= 0.6 is 0 Å². The highest BCUT2D eigenvalue weighted by Crippen LogP contribution is 2.24. The van der Waals surface area contributed by atoms with Crippen molar-refractivity contribution in [1.29, 1.82) is 0 Å². The lowest BCUT2D eigenvalue weighted by atomic mass is 9.99. The summed E-state index contributed by atoms with van der Waals surface area (Å²) in [4.78, 5) is 17.0. The number of carbonyl (C=O) groups is 1. The highest BCUT2D eigenvalue weighted by molar-refractivity contribution is 6.11. The molecule has 1 N–H and O–H groups in total. The Morgan fingerprint density at radius 2 is 1.73 bits per heavy atom. The van der Waals surface area contributed by atoms with Gasteiger partial charge in [-0.3, -0.25) is 9.78 Å². The van der Waals surface area contributed by atoms with Gasteiger partial charge in [0.15, 0.2) is 5.78 Å². The highest BCUT2D eigenvalue weighted by Gasteiger charge is 2.15. The summed E-state index contributed by atoms with van der Waals surface area (Å²) >= 11 is 0. The molecule has 3 nitrogen and oxygen atoms in total. The molecular formula is C19H17NO2. The molecule has 3 aromatic rings. The quantitative estimate of drug-likeness (QED) is 0.723. The number of aryl methyl sites for hydroxylation is 3. The predicted octanol–water partition coefficient (Wildman–Crippen LogP) is 4.10. The zero-order valence-corrected chi connectivity index (χ0v) is 12.8. The van der Waals surface area contributed by atoms with Gasteiger partial charge in [0.25, 0.3) is 0 Å². The smallest absolute Gasteiger partial charge is 0.198 e. The van der Waals surface area contributed by atoms with Gasteiger partial charge in [-0.15, -0.1) is 0 Å². The number of pyridine rings is 1. The maximum Gasteiger partial charge on any atom is 0.198 e. The highest BCUT2D eigenvalue weighted by atomic mass is 16.3. The first-order valence-electron chi connectivity index (χ1n) is 7.17. The molecule has 110 valence electrons. The normalized spacial score (nSPS) is 10.9. The fourth-order valence-corrected chi connectivity index (χ4v) is 2.51. The van der Waals surface area contributed by atoms with Gasteiger partial charge >= 0.3 is 0 Å². The molecule has 0 radical (unpaired) electrons. The third-order valence-electron chi connectivity index (χ3n) is 3.96. The van der Waals surface area contributed by atoms with Crippen LogP contribution in [-0.2, 0) is 0 Å². The molecule has 0 atom stereocenters. The number of rotatable bonds is 2. The van der Waals surface area contributed by atoms with E-state index >= 15 is 0 Å². The molecule has 0 unspecified atom stereocenters. The van der Waals surface area contributed by atoms with Crippen molar-refractivity contribution in [2.75, 3.05) is 0 Å². The lowest BCUT2D eigenvalue weighted by molar-refractivity contribution is 0.103. The molecule has 0 aliphatic carbocycles. The molecule has 0 saturated carbocycles. The Morgan fingerprint density at radius 1 is 1.00 bits per heavy atom. The number of carbonyl (C=O) groups excluding carboxylic acids is 1. The monoisotopic (exact) mass is 291 g/mol. The first-order valence-corrected chi connectivity index (χ1v) is 7.17. The van der Waals surface area contributed by atoms with Gasteiger partial charge in [-0.1, -0.05) is 11.6 Å². The van der Waals surface area contributed by atoms with Gasteiger partial charge in [0.05, 0.1) is 11.1 Å². The van der Waals surface area contributed by atoms with Crippen molar-refractivity contribution in [1.82, 2.24) is 4.98 Å². The summed E-state index contributed by atoms with van der Waals surface area (Å²) in [5, 5.41) is 10.9. The second kappa shape index (κ2) is 5.26. The van der Waals surface area contributed by atoms with Gasteiger partial charge in [0.1, 0.15) is 5.75 Å². The van der Waals surface area contributed by atoms with E-state index in [1.807, 2.05) is 39.0 Å². The first kappa shape index (κ1) is 14.3. The van der Waals surface area contributed by atoms with E-state index in [9.17, 15) is 9.90 Å². The van der Waals surface area contributed by atoms with Crippen LogP contribution < -0.4 is 0 Å². The Kier molecular flexibility index (Phi) is 3.41. The van der Waals surface area contributed by atoms with Gasteiger partial charge in [0, 0.05) is 17.1 Å². The number of nitrogens with zero attached hydrogens (tertiary/aromatic N) is 1. The average molecular weight is 291 g/mol. The Hall–Kier alpha value is -2.68. The largest absolute Gasteiger partial charge is 0.507 e. The van der Waals surface area contributed by atoms with Crippen LogP contribution in [-0.4, -0.2) is 15.9 Å².